The summed E-state index contributed by atoms with van der Waals surface area (Å²) in [7, 11) is 0. The fourth-order valence-corrected chi connectivity index (χ4v) is 3.00. The third kappa shape index (κ3) is 4.23. The Hall–Kier alpha value is -2.80. The Morgan fingerprint density at radius 3 is 2.15 bits per heavy atom. The predicted molar refractivity (Wildman–Crippen MR) is 99.7 cm³/mol. The van der Waals surface area contributed by atoms with Crippen LogP contribution >= 0.6 is 0 Å². The van der Waals surface area contributed by atoms with Crippen LogP contribution in [0.5, 0.6) is 0 Å². The van der Waals surface area contributed by atoms with Gasteiger partial charge in [-0.3, -0.25) is 9.59 Å². The van der Waals surface area contributed by atoms with Crippen molar-refractivity contribution in [2.24, 2.45) is 5.41 Å². The summed E-state index contributed by atoms with van der Waals surface area (Å²) >= 11 is 0. The lowest BCUT2D eigenvalue weighted by Crippen LogP contribution is -2.41. The van der Waals surface area contributed by atoms with E-state index in [1.165, 1.54) is 0 Å². The molecule has 1 aliphatic heterocycles. The Balaban J connectivity index is 1.68. The number of anilines is 2. The lowest BCUT2D eigenvalue weighted by molar-refractivity contribution is -0.129. The van der Waals surface area contributed by atoms with E-state index in [9.17, 15) is 9.59 Å². The molecule has 7 heteroatoms. The number of nitrogens with one attached hydrogen (secondary N) is 3. The molecule has 1 fully saturated rings. The number of amides is 2. The molecule has 1 atom stereocenters. The van der Waals surface area contributed by atoms with Crippen LogP contribution in [-0.4, -0.2) is 34.9 Å². The minimum Gasteiger partial charge on any atom is -0.316 e. The summed E-state index contributed by atoms with van der Waals surface area (Å²) in [5, 5.41) is 8.81. The van der Waals surface area contributed by atoms with Gasteiger partial charge < -0.3 is 16.0 Å². The number of nitrogens with zero attached hydrogens (tertiary/aromatic N) is 2. The first-order chi connectivity index (χ1) is 12.5. The fraction of sp³-hybridized carbons (Fsp3) is 0.368. The summed E-state index contributed by atoms with van der Waals surface area (Å²) in [5.41, 5.74) is 1.25. The van der Waals surface area contributed by atoms with Gasteiger partial charge in [0.05, 0.1) is 5.41 Å². The molecule has 1 saturated heterocycles. The third-order valence-electron chi connectivity index (χ3n) is 4.56. The van der Waals surface area contributed by atoms with E-state index in [1.807, 2.05) is 26.0 Å². The summed E-state index contributed by atoms with van der Waals surface area (Å²) in [6.07, 6.45) is 4.08. The Labute approximate surface area is 152 Å². The van der Waals surface area contributed by atoms with Gasteiger partial charge in [0, 0.05) is 25.4 Å². The molecule has 0 spiro atoms. The SMILES string of the molecule is Cc1ccc(NC(=O)CC2(C(=O)Nc3ccc(C)cn3)CCNC2)nc1. The standard InChI is InChI=1S/C19H23N5O2/c1-13-3-5-15(21-10-13)23-17(25)9-19(7-8-20-12-19)18(26)24-16-6-4-14(2)11-22-16/h3-6,10-11,20H,7-9,12H2,1-2H3,(H,21,23,25)(H,22,24,26). The van der Waals surface area contributed by atoms with Crippen molar-refractivity contribution in [3.63, 3.8) is 0 Å². The van der Waals surface area contributed by atoms with Crippen molar-refractivity contribution >= 4 is 23.5 Å². The average molecular weight is 353 g/mol. The molecule has 2 aromatic heterocycles. The topological polar surface area (TPSA) is 96.0 Å². The summed E-state index contributed by atoms with van der Waals surface area (Å²) in [6.45, 7) is 5.02. The maximum Gasteiger partial charge on any atom is 0.233 e. The van der Waals surface area contributed by atoms with Crippen molar-refractivity contribution in [3.05, 3.63) is 47.8 Å². The minimum atomic E-state index is -0.790. The van der Waals surface area contributed by atoms with Crippen LogP contribution in [-0.2, 0) is 9.59 Å². The Morgan fingerprint density at radius 2 is 1.65 bits per heavy atom. The van der Waals surface area contributed by atoms with Gasteiger partial charge in [0.1, 0.15) is 11.6 Å². The molecule has 0 saturated carbocycles. The molecule has 0 radical (unpaired) electrons. The Bertz CT molecular complexity index is 781. The van der Waals surface area contributed by atoms with Crippen LogP contribution in [0.15, 0.2) is 36.7 Å². The molecule has 0 aliphatic carbocycles. The first kappa shape index (κ1) is 18.0. The van der Waals surface area contributed by atoms with E-state index in [4.69, 9.17) is 0 Å². The van der Waals surface area contributed by atoms with Crippen LogP contribution < -0.4 is 16.0 Å². The number of pyridine rings is 2. The van der Waals surface area contributed by atoms with Crippen molar-refractivity contribution in [1.82, 2.24) is 15.3 Å². The van der Waals surface area contributed by atoms with Crippen LogP contribution in [0.4, 0.5) is 11.6 Å². The van der Waals surface area contributed by atoms with Crippen LogP contribution in [0.25, 0.3) is 0 Å². The molecule has 0 bridgehead atoms. The smallest absolute Gasteiger partial charge is 0.233 e. The van der Waals surface area contributed by atoms with Crippen LogP contribution in [0.2, 0.25) is 0 Å². The van der Waals surface area contributed by atoms with Crippen LogP contribution in [0.1, 0.15) is 24.0 Å². The van der Waals surface area contributed by atoms with Crippen molar-refractivity contribution in [3.8, 4) is 0 Å². The van der Waals surface area contributed by atoms with Gasteiger partial charge in [-0.1, -0.05) is 12.1 Å². The summed E-state index contributed by atoms with van der Waals surface area (Å²) in [6, 6.07) is 7.28. The molecule has 0 aromatic carbocycles. The van der Waals surface area contributed by atoms with E-state index < -0.39 is 5.41 Å². The molecule has 3 N–H and O–H groups in total. The number of aryl methyl sites for hydroxylation is 2. The Kier molecular flexibility index (Phi) is 5.27. The number of aromatic nitrogens is 2. The molecule has 2 aromatic rings. The monoisotopic (exact) mass is 353 g/mol. The van der Waals surface area contributed by atoms with Gasteiger partial charge in [0.25, 0.3) is 0 Å². The highest BCUT2D eigenvalue weighted by atomic mass is 16.2. The minimum absolute atomic E-state index is 0.0905. The summed E-state index contributed by atoms with van der Waals surface area (Å²) in [5.74, 6) is 0.567. The molecule has 7 nitrogen and oxygen atoms in total. The van der Waals surface area contributed by atoms with E-state index in [2.05, 4.69) is 25.9 Å². The van der Waals surface area contributed by atoms with Crippen molar-refractivity contribution in [1.29, 1.82) is 0 Å². The van der Waals surface area contributed by atoms with Gasteiger partial charge in [0.2, 0.25) is 11.8 Å². The highest BCUT2D eigenvalue weighted by Crippen LogP contribution is 2.31. The van der Waals surface area contributed by atoms with E-state index in [0.29, 0.717) is 31.1 Å². The Morgan fingerprint density at radius 1 is 1.04 bits per heavy atom. The van der Waals surface area contributed by atoms with E-state index in [1.54, 1.807) is 24.5 Å². The largest absolute Gasteiger partial charge is 0.316 e. The fourth-order valence-electron chi connectivity index (χ4n) is 3.00. The van der Waals surface area contributed by atoms with E-state index in [-0.39, 0.29) is 18.2 Å². The maximum atomic E-state index is 12.9. The number of carbonyl (C=O) groups excluding carboxylic acids is 2. The zero-order valence-corrected chi connectivity index (χ0v) is 15.0. The van der Waals surface area contributed by atoms with Gasteiger partial charge in [-0.15, -0.1) is 0 Å². The first-order valence-corrected chi connectivity index (χ1v) is 8.64. The van der Waals surface area contributed by atoms with Crippen molar-refractivity contribution in [2.75, 3.05) is 23.7 Å². The summed E-state index contributed by atoms with van der Waals surface area (Å²) < 4.78 is 0. The van der Waals surface area contributed by atoms with Crippen LogP contribution in [0, 0.1) is 19.3 Å². The molecular formula is C19H23N5O2. The predicted octanol–water partition coefficient (Wildman–Crippen LogP) is 2.04. The van der Waals surface area contributed by atoms with Crippen molar-refractivity contribution < 1.29 is 9.59 Å². The first-order valence-electron chi connectivity index (χ1n) is 8.64. The number of hydrogen-bond donors (Lipinski definition) is 3. The molecule has 1 unspecified atom stereocenters. The lowest BCUT2D eigenvalue weighted by atomic mass is 9.82. The van der Waals surface area contributed by atoms with Gasteiger partial charge in [0.15, 0.2) is 0 Å². The second-order valence-electron chi connectivity index (χ2n) is 6.83. The van der Waals surface area contributed by atoms with E-state index in [0.717, 1.165) is 11.1 Å². The zero-order valence-electron chi connectivity index (χ0n) is 15.0. The quantitative estimate of drug-likeness (QED) is 0.764. The normalized spacial score (nSPS) is 19.2. The van der Waals surface area contributed by atoms with Crippen LogP contribution in [0.3, 0.4) is 0 Å². The third-order valence-corrected chi connectivity index (χ3v) is 4.56. The van der Waals surface area contributed by atoms with Gasteiger partial charge in [-0.05, 0) is 50.1 Å². The highest BCUT2D eigenvalue weighted by molar-refractivity contribution is 6.00. The summed E-state index contributed by atoms with van der Waals surface area (Å²) in [4.78, 5) is 33.7. The van der Waals surface area contributed by atoms with Gasteiger partial charge >= 0.3 is 0 Å². The number of hydrogen-bond acceptors (Lipinski definition) is 5. The van der Waals surface area contributed by atoms with E-state index >= 15 is 0 Å². The molecule has 26 heavy (non-hydrogen) atoms. The highest BCUT2D eigenvalue weighted by Gasteiger charge is 2.43. The number of rotatable bonds is 5. The maximum absolute atomic E-state index is 12.9. The molecule has 136 valence electrons. The molecule has 3 rings (SSSR count). The van der Waals surface area contributed by atoms with Gasteiger partial charge in [-0.2, -0.15) is 0 Å². The molecule has 1 aliphatic rings. The second-order valence-corrected chi connectivity index (χ2v) is 6.83. The molecular weight excluding hydrogens is 330 g/mol. The number of carbonyl (C=O) groups is 2. The second kappa shape index (κ2) is 7.61. The van der Waals surface area contributed by atoms with Crippen molar-refractivity contribution in [2.45, 2.75) is 26.7 Å². The lowest BCUT2D eigenvalue weighted by Gasteiger charge is -2.26. The zero-order chi connectivity index (χ0) is 18.6. The van der Waals surface area contributed by atoms with Gasteiger partial charge in [-0.25, -0.2) is 9.97 Å². The molecule has 3 heterocycles. The molecule has 2 amide bonds. The average Bonchev–Trinajstić information content (AvgIpc) is 3.08.